The van der Waals surface area contributed by atoms with E-state index < -0.39 is 0 Å². The van der Waals surface area contributed by atoms with E-state index in [-0.39, 0.29) is 17.4 Å². The number of benzene rings is 1. The molecule has 1 unspecified atom stereocenters. The Morgan fingerprint density at radius 2 is 2.23 bits per heavy atom. The Balaban J connectivity index is 1.87. The second kappa shape index (κ2) is 5.85. The molecule has 0 bridgehead atoms. The summed E-state index contributed by atoms with van der Waals surface area (Å²) in [6.45, 7) is 2.26. The second-order valence-corrected chi connectivity index (χ2v) is 5.69. The number of rotatable bonds is 2. The van der Waals surface area contributed by atoms with Crippen LogP contribution in [-0.2, 0) is 4.79 Å². The van der Waals surface area contributed by atoms with Crippen LogP contribution in [0.5, 0.6) is 5.75 Å². The van der Waals surface area contributed by atoms with Crippen molar-refractivity contribution in [2.24, 2.45) is 0 Å². The summed E-state index contributed by atoms with van der Waals surface area (Å²) >= 11 is 6.02. The number of halogens is 1. The van der Waals surface area contributed by atoms with E-state index in [0.717, 1.165) is 11.1 Å². The molecule has 1 aromatic heterocycles. The number of fused-ring (bicyclic) bond motifs is 1. The van der Waals surface area contributed by atoms with Gasteiger partial charge in [-0.2, -0.15) is 0 Å². The van der Waals surface area contributed by atoms with Gasteiger partial charge in [-0.25, -0.2) is 0 Å². The number of aryl methyl sites for hydroxylation is 1. The number of pyridine rings is 1. The maximum Gasteiger partial charge on any atom is 0.248 e. The zero-order chi connectivity index (χ0) is 15.7. The Bertz CT molecular complexity index is 785. The van der Waals surface area contributed by atoms with Crippen molar-refractivity contribution in [1.82, 2.24) is 4.98 Å². The number of hydrogen-bond acceptors (Lipinski definition) is 3. The number of ether oxygens (including phenoxy) is 1. The number of aromatic amines is 1. The summed E-state index contributed by atoms with van der Waals surface area (Å²) in [4.78, 5) is 26.4. The largest absolute Gasteiger partial charge is 0.493 e. The van der Waals surface area contributed by atoms with Gasteiger partial charge >= 0.3 is 0 Å². The predicted octanol–water partition coefficient (Wildman–Crippen LogP) is 2.84. The molecular formula is C16H15ClN2O3. The number of amides is 1. The summed E-state index contributed by atoms with van der Waals surface area (Å²) in [5.74, 6) is 0.227. The molecule has 0 spiro atoms. The molecule has 5 nitrogen and oxygen atoms in total. The zero-order valence-electron chi connectivity index (χ0n) is 12.0. The molecule has 1 aliphatic rings. The van der Waals surface area contributed by atoms with Crippen molar-refractivity contribution in [2.45, 2.75) is 19.3 Å². The van der Waals surface area contributed by atoms with Gasteiger partial charge in [-0.1, -0.05) is 11.6 Å². The number of hydrogen-bond donors (Lipinski definition) is 2. The Hall–Kier alpha value is -2.27. The first kappa shape index (κ1) is 14.7. The van der Waals surface area contributed by atoms with Crippen LogP contribution in [0.4, 0.5) is 5.69 Å². The van der Waals surface area contributed by atoms with Crippen molar-refractivity contribution in [3.05, 3.63) is 57.0 Å². The molecule has 1 atom stereocenters. The van der Waals surface area contributed by atoms with Gasteiger partial charge in [0.25, 0.3) is 0 Å². The lowest BCUT2D eigenvalue weighted by atomic mass is 9.92. The van der Waals surface area contributed by atoms with Crippen LogP contribution in [0.15, 0.2) is 35.3 Å². The fraction of sp³-hybridized carbons (Fsp3) is 0.250. The van der Waals surface area contributed by atoms with Crippen molar-refractivity contribution >= 4 is 23.2 Å². The van der Waals surface area contributed by atoms with Crippen LogP contribution in [0.3, 0.4) is 0 Å². The van der Waals surface area contributed by atoms with E-state index in [1.165, 1.54) is 12.3 Å². The molecule has 0 saturated heterocycles. The Morgan fingerprint density at radius 3 is 3.00 bits per heavy atom. The summed E-state index contributed by atoms with van der Waals surface area (Å²) in [6.07, 6.45) is 2.09. The third-order valence-electron chi connectivity index (χ3n) is 3.72. The summed E-state index contributed by atoms with van der Waals surface area (Å²) in [5, 5.41) is 3.43. The normalized spacial score (nSPS) is 16.5. The monoisotopic (exact) mass is 318 g/mol. The Labute approximate surface area is 132 Å². The van der Waals surface area contributed by atoms with Crippen molar-refractivity contribution in [3.8, 4) is 5.75 Å². The second-order valence-electron chi connectivity index (χ2n) is 5.26. The van der Waals surface area contributed by atoms with Crippen LogP contribution in [0.1, 0.15) is 23.5 Å². The lowest BCUT2D eigenvalue weighted by molar-refractivity contribution is -0.118. The molecular weight excluding hydrogens is 304 g/mol. The molecule has 6 heteroatoms. The molecule has 0 fully saturated rings. The van der Waals surface area contributed by atoms with Crippen molar-refractivity contribution in [3.63, 3.8) is 0 Å². The molecule has 2 aromatic rings. The van der Waals surface area contributed by atoms with Crippen LogP contribution in [0.2, 0.25) is 5.02 Å². The molecule has 1 aliphatic heterocycles. The molecule has 0 saturated carbocycles. The highest BCUT2D eigenvalue weighted by Gasteiger charge is 2.28. The molecule has 3 rings (SSSR count). The van der Waals surface area contributed by atoms with Gasteiger partial charge in [-0.15, -0.1) is 0 Å². The first-order valence-corrected chi connectivity index (χ1v) is 7.35. The third-order valence-corrected chi connectivity index (χ3v) is 3.95. The van der Waals surface area contributed by atoms with Crippen LogP contribution in [-0.4, -0.2) is 17.5 Å². The van der Waals surface area contributed by atoms with E-state index in [2.05, 4.69) is 10.3 Å². The van der Waals surface area contributed by atoms with Gasteiger partial charge in [0.05, 0.1) is 18.2 Å². The van der Waals surface area contributed by atoms with Crippen LogP contribution >= 0.6 is 11.6 Å². The summed E-state index contributed by atoms with van der Waals surface area (Å²) in [7, 11) is 0. The minimum atomic E-state index is -0.325. The molecule has 114 valence electrons. The average Bonchev–Trinajstić information content (AvgIpc) is 2.49. The first-order chi connectivity index (χ1) is 10.5. The fourth-order valence-electron chi connectivity index (χ4n) is 2.57. The molecule has 2 N–H and O–H groups in total. The summed E-state index contributed by atoms with van der Waals surface area (Å²) in [6, 6.07) is 6.74. The molecule has 1 amide bonds. The van der Waals surface area contributed by atoms with Gasteiger partial charge in [0.15, 0.2) is 0 Å². The van der Waals surface area contributed by atoms with Gasteiger partial charge in [0, 0.05) is 22.8 Å². The lowest BCUT2D eigenvalue weighted by Gasteiger charge is -2.25. The smallest absolute Gasteiger partial charge is 0.248 e. The van der Waals surface area contributed by atoms with E-state index >= 15 is 0 Å². The van der Waals surface area contributed by atoms with Crippen molar-refractivity contribution in [1.29, 1.82) is 0 Å². The molecule has 22 heavy (non-hydrogen) atoms. The quantitative estimate of drug-likeness (QED) is 0.894. The van der Waals surface area contributed by atoms with E-state index in [4.69, 9.17) is 16.3 Å². The molecule has 2 heterocycles. The lowest BCUT2D eigenvalue weighted by Crippen LogP contribution is -2.27. The first-order valence-electron chi connectivity index (χ1n) is 6.97. The van der Waals surface area contributed by atoms with Gasteiger partial charge in [-0.3, -0.25) is 9.59 Å². The van der Waals surface area contributed by atoms with Crippen molar-refractivity contribution in [2.75, 3.05) is 11.9 Å². The molecule has 0 radical (unpaired) electrons. The van der Waals surface area contributed by atoms with E-state index in [0.29, 0.717) is 29.5 Å². The Kier molecular flexibility index (Phi) is 3.90. The predicted molar refractivity (Wildman–Crippen MR) is 84.7 cm³/mol. The average molecular weight is 319 g/mol. The van der Waals surface area contributed by atoms with Gasteiger partial charge < -0.3 is 15.0 Å². The van der Waals surface area contributed by atoms with Gasteiger partial charge in [0.2, 0.25) is 11.5 Å². The van der Waals surface area contributed by atoms with Crippen LogP contribution in [0, 0.1) is 6.92 Å². The maximum atomic E-state index is 12.6. The SMILES string of the molecule is Cc1cc(=O)[nH]cc1NC(=O)C1CCOc2ccc(Cl)cc21. The minimum Gasteiger partial charge on any atom is -0.493 e. The standard InChI is InChI=1S/C16H15ClN2O3/c1-9-6-15(20)18-8-13(9)19-16(21)11-4-5-22-14-3-2-10(17)7-12(11)14/h2-3,6-8,11H,4-5H2,1H3,(H,18,20)(H,19,21). The zero-order valence-corrected chi connectivity index (χ0v) is 12.7. The van der Waals surface area contributed by atoms with Crippen LogP contribution < -0.4 is 15.6 Å². The Morgan fingerprint density at radius 1 is 1.41 bits per heavy atom. The maximum absolute atomic E-state index is 12.6. The third kappa shape index (κ3) is 2.85. The number of aromatic nitrogens is 1. The van der Waals surface area contributed by atoms with Crippen LogP contribution in [0.25, 0.3) is 0 Å². The molecule has 0 aliphatic carbocycles. The van der Waals surface area contributed by atoms with E-state index in [9.17, 15) is 9.59 Å². The van der Waals surface area contributed by atoms with E-state index in [1.54, 1.807) is 25.1 Å². The molecule has 1 aromatic carbocycles. The van der Waals surface area contributed by atoms with Gasteiger partial charge in [-0.05, 0) is 37.1 Å². The topological polar surface area (TPSA) is 71.2 Å². The van der Waals surface area contributed by atoms with Crippen molar-refractivity contribution < 1.29 is 9.53 Å². The highest BCUT2D eigenvalue weighted by molar-refractivity contribution is 6.30. The number of H-pyrrole nitrogens is 1. The van der Waals surface area contributed by atoms with E-state index in [1.807, 2.05) is 0 Å². The number of carbonyl (C=O) groups is 1. The number of nitrogens with one attached hydrogen (secondary N) is 2. The summed E-state index contributed by atoms with van der Waals surface area (Å²) < 4.78 is 5.56. The summed E-state index contributed by atoms with van der Waals surface area (Å²) in [5.41, 5.74) is 1.91. The van der Waals surface area contributed by atoms with Gasteiger partial charge in [0.1, 0.15) is 5.75 Å². The number of anilines is 1. The number of carbonyl (C=O) groups excluding carboxylic acids is 1. The fourth-order valence-corrected chi connectivity index (χ4v) is 2.75. The highest BCUT2D eigenvalue weighted by Crippen LogP contribution is 2.36. The minimum absolute atomic E-state index is 0.137. The highest BCUT2D eigenvalue weighted by atomic mass is 35.5.